The Morgan fingerprint density at radius 1 is 1.00 bits per heavy atom. The van der Waals surface area contributed by atoms with Gasteiger partial charge in [0.05, 0.1) is 0 Å². The molecule has 0 amide bonds. The SMILES string of the molecule is Cc1sccc1CNC1C2CC2CNC1C(c1ccccc1)c1ccccc1. The molecule has 2 fully saturated rings. The van der Waals surface area contributed by atoms with Crippen LogP contribution in [-0.4, -0.2) is 18.6 Å². The maximum Gasteiger partial charge on any atom is 0.0333 e. The Balaban J connectivity index is 1.46. The first-order valence-corrected chi connectivity index (χ1v) is 11.3. The van der Waals surface area contributed by atoms with Crippen LogP contribution in [0, 0.1) is 18.8 Å². The lowest BCUT2D eigenvalue weighted by Crippen LogP contribution is -2.56. The molecule has 0 bridgehead atoms. The van der Waals surface area contributed by atoms with E-state index < -0.39 is 0 Å². The normalized spacial score (nSPS) is 26.2. The number of piperidine rings is 1. The van der Waals surface area contributed by atoms with E-state index in [4.69, 9.17) is 0 Å². The lowest BCUT2D eigenvalue weighted by Gasteiger charge is -2.39. The summed E-state index contributed by atoms with van der Waals surface area (Å²) in [4.78, 5) is 1.43. The van der Waals surface area contributed by atoms with E-state index in [1.165, 1.54) is 28.0 Å². The Labute approximate surface area is 172 Å². The van der Waals surface area contributed by atoms with Gasteiger partial charge in [0.1, 0.15) is 0 Å². The first-order valence-electron chi connectivity index (χ1n) is 10.4. The molecule has 0 radical (unpaired) electrons. The molecule has 1 saturated carbocycles. The van der Waals surface area contributed by atoms with Crippen LogP contribution in [0.3, 0.4) is 0 Å². The fourth-order valence-corrected chi connectivity index (χ4v) is 5.71. The molecule has 144 valence electrons. The van der Waals surface area contributed by atoms with Crippen LogP contribution in [0.1, 0.15) is 33.9 Å². The Hall–Kier alpha value is -1.94. The summed E-state index contributed by atoms with van der Waals surface area (Å²) in [5.41, 5.74) is 4.26. The minimum Gasteiger partial charge on any atom is -0.311 e. The van der Waals surface area contributed by atoms with E-state index in [9.17, 15) is 0 Å². The van der Waals surface area contributed by atoms with Gasteiger partial charge in [-0.05, 0) is 59.9 Å². The van der Waals surface area contributed by atoms with Crippen LogP contribution < -0.4 is 10.6 Å². The fourth-order valence-electron chi connectivity index (χ4n) is 4.98. The summed E-state index contributed by atoms with van der Waals surface area (Å²) in [5, 5.41) is 10.1. The Morgan fingerprint density at radius 3 is 2.29 bits per heavy atom. The fraction of sp³-hybridized carbons (Fsp3) is 0.360. The lowest BCUT2D eigenvalue weighted by atomic mass is 9.79. The zero-order valence-electron chi connectivity index (χ0n) is 16.3. The summed E-state index contributed by atoms with van der Waals surface area (Å²) < 4.78 is 0. The zero-order chi connectivity index (χ0) is 18.9. The molecule has 2 nitrogen and oxygen atoms in total. The number of hydrogen-bond donors (Lipinski definition) is 2. The standard InChI is InChI=1S/C25H28N2S/c1-17-20(12-13-28-17)15-26-24-22-14-21(22)16-27-25(24)23(18-8-4-2-5-9-18)19-10-6-3-7-11-19/h2-13,21-27H,14-16H2,1H3. The average molecular weight is 389 g/mol. The second kappa shape index (κ2) is 7.82. The lowest BCUT2D eigenvalue weighted by molar-refractivity contribution is 0.265. The predicted molar refractivity (Wildman–Crippen MR) is 118 cm³/mol. The topological polar surface area (TPSA) is 24.1 Å². The Bertz CT molecular complexity index is 865. The molecule has 2 heterocycles. The van der Waals surface area contributed by atoms with Crippen molar-refractivity contribution in [2.45, 2.75) is 37.9 Å². The highest BCUT2D eigenvalue weighted by Crippen LogP contribution is 2.47. The van der Waals surface area contributed by atoms with Gasteiger partial charge in [-0.15, -0.1) is 11.3 Å². The molecular formula is C25H28N2S. The molecule has 1 aliphatic carbocycles. The third kappa shape index (κ3) is 3.55. The summed E-state index contributed by atoms with van der Waals surface area (Å²) in [7, 11) is 0. The predicted octanol–water partition coefficient (Wildman–Crippen LogP) is 4.95. The van der Waals surface area contributed by atoms with Gasteiger partial charge in [-0.3, -0.25) is 0 Å². The van der Waals surface area contributed by atoms with Crippen LogP contribution in [0.25, 0.3) is 0 Å². The molecule has 3 heteroatoms. The van der Waals surface area contributed by atoms with Crippen LogP contribution >= 0.6 is 11.3 Å². The van der Waals surface area contributed by atoms with E-state index in [2.05, 4.69) is 89.7 Å². The second-order valence-electron chi connectivity index (χ2n) is 8.30. The summed E-state index contributed by atoms with van der Waals surface area (Å²) >= 11 is 1.85. The van der Waals surface area contributed by atoms with E-state index >= 15 is 0 Å². The van der Waals surface area contributed by atoms with Crippen molar-refractivity contribution in [2.24, 2.45) is 11.8 Å². The third-order valence-electron chi connectivity index (χ3n) is 6.61. The van der Waals surface area contributed by atoms with E-state index in [1.807, 2.05) is 11.3 Å². The maximum atomic E-state index is 3.97. The highest BCUT2D eigenvalue weighted by Gasteiger charge is 2.51. The van der Waals surface area contributed by atoms with Gasteiger partial charge in [0.15, 0.2) is 0 Å². The van der Waals surface area contributed by atoms with E-state index in [1.54, 1.807) is 0 Å². The number of fused-ring (bicyclic) bond motifs is 1. The van der Waals surface area contributed by atoms with Crippen molar-refractivity contribution in [3.63, 3.8) is 0 Å². The first kappa shape index (κ1) is 18.1. The molecule has 2 aliphatic rings. The molecule has 28 heavy (non-hydrogen) atoms. The molecule has 4 atom stereocenters. The number of hydrogen-bond acceptors (Lipinski definition) is 3. The van der Waals surface area contributed by atoms with Crippen LogP contribution in [0.4, 0.5) is 0 Å². The van der Waals surface area contributed by atoms with Gasteiger partial charge in [0, 0.05) is 29.4 Å². The second-order valence-corrected chi connectivity index (χ2v) is 9.42. The van der Waals surface area contributed by atoms with E-state index in [0.717, 1.165) is 24.9 Å². The Morgan fingerprint density at radius 2 is 1.68 bits per heavy atom. The number of aryl methyl sites for hydroxylation is 1. The van der Waals surface area contributed by atoms with Crippen LogP contribution in [0.5, 0.6) is 0 Å². The molecule has 0 spiro atoms. The van der Waals surface area contributed by atoms with Gasteiger partial charge in [-0.1, -0.05) is 60.7 Å². The van der Waals surface area contributed by atoms with E-state index in [-0.39, 0.29) is 0 Å². The molecule has 2 N–H and O–H groups in total. The molecule has 1 aliphatic heterocycles. The zero-order valence-corrected chi connectivity index (χ0v) is 17.2. The van der Waals surface area contributed by atoms with E-state index in [0.29, 0.717) is 18.0 Å². The third-order valence-corrected chi connectivity index (χ3v) is 7.50. The largest absolute Gasteiger partial charge is 0.311 e. The van der Waals surface area contributed by atoms with Crippen molar-refractivity contribution >= 4 is 11.3 Å². The maximum absolute atomic E-state index is 3.97. The van der Waals surface area contributed by atoms with Crippen LogP contribution in [0.15, 0.2) is 72.1 Å². The number of thiophene rings is 1. The van der Waals surface area contributed by atoms with Gasteiger partial charge in [-0.2, -0.15) is 0 Å². The highest BCUT2D eigenvalue weighted by atomic mass is 32.1. The average Bonchev–Trinajstić information content (AvgIpc) is 3.42. The van der Waals surface area contributed by atoms with Crippen molar-refractivity contribution in [3.05, 3.63) is 93.7 Å². The van der Waals surface area contributed by atoms with Gasteiger partial charge < -0.3 is 10.6 Å². The minimum atomic E-state index is 0.366. The smallest absolute Gasteiger partial charge is 0.0333 e. The van der Waals surface area contributed by atoms with Crippen molar-refractivity contribution in [3.8, 4) is 0 Å². The van der Waals surface area contributed by atoms with Gasteiger partial charge in [0.25, 0.3) is 0 Å². The number of benzene rings is 2. The number of rotatable bonds is 6. The van der Waals surface area contributed by atoms with Crippen LogP contribution in [0.2, 0.25) is 0 Å². The van der Waals surface area contributed by atoms with Crippen molar-refractivity contribution in [2.75, 3.05) is 6.54 Å². The molecule has 1 aromatic heterocycles. The molecule has 3 aromatic rings. The quantitative estimate of drug-likeness (QED) is 0.624. The molecule has 4 unspecified atom stereocenters. The van der Waals surface area contributed by atoms with Gasteiger partial charge in [-0.25, -0.2) is 0 Å². The molecule has 1 saturated heterocycles. The summed E-state index contributed by atoms with van der Waals surface area (Å²) in [6, 6.07) is 25.3. The van der Waals surface area contributed by atoms with Gasteiger partial charge >= 0.3 is 0 Å². The minimum absolute atomic E-state index is 0.366. The first-order chi connectivity index (χ1) is 13.8. The molecular weight excluding hydrogens is 360 g/mol. The highest BCUT2D eigenvalue weighted by molar-refractivity contribution is 7.10. The Kier molecular flexibility index (Phi) is 5.06. The molecule has 5 rings (SSSR count). The summed E-state index contributed by atoms with van der Waals surface area (Å²) in [6.07, 6.45) is 1.36. The monoisotopic (exact) mass is 388 g/mol. The number of nitrogens with one attached hydrogen (secondary N) is 2. The molecule has 2 aromatic carbocycles. The van der Waals surface area contributed by atoms with Crippen molar-refractivity contribution in [1.82, 2.24) is 10.6 Å². The summed E-state index contributed by atoms with van der Waals surface area (Å²) in [6.45, 7) is 4.35. The van der Waals surface area contributed by atoms with Crippen molar-refractivity contribution < 1.29 is 0 Å². The summed E-state index contributed by atoms with van der Waals surface area (Å²) in [5.74, 6) is 2.02. The van der Waals surface area contributed by atoms with Crippen LogP contribution in [-0.2, 0) is 6.54 Å². The van der Waals surface area contributed by atoms with Gasteiger partial charge in [0.2, 0.25) is 0 Å². The van der Waals surface area contributed by atoms with Crippen molar-refractivity contribution in [1.29, 1.82) is 0 Å².